The van der Waals surface area contributed by atoms with Gasteiger partial charge in [-0.2, -0.15) is 8.78 Å². The Morgan fingerprint density at radius 2 is 1.52 bits per heavy atom. The third kappa shape index (κ3) is 9.52. The van der Waals surface area contributed by atoms with Gasteiger partial charge in [-0.1, -0.05) is 48.5 Å². The summed E-state index contributed by atoms with van der Waals surface area (Å²) in [5.41, 5.74) is 2.77. The van der Waals surface area contributed by atoms with E-state index < -0.39 is 24.4 Å². The number of carbonyl (C=O) groups excluding carboxylic acids is 2. The largest absolute Gasteiger partial charge is 0.573 e. The average molecular weight is 696 g/mol. The Hall–Kier alpha value is -5.59. The minimum absolute atomic E-state index is 0.116. The molecule has 4 aromatic rings. The molecule has 0 radical (unpaired) electrons. The molecule has 50 heavy (non-hydrogen) atoms. The normalized spacial score (nSPS) is 13.9. The number of allylic oxidation sites excluding steroid dienone is 1. The highest BCUT2D eigenvalue weighted by Crippen LogP contribution is 2.33. The van der Waals surface area contributed by atoms with Crippen LogP contribution in [0, 0.1) is 6.92 Å². The lowest BCUT2D eigenvalue weighted by molar-refractivity contribution is -0.274. The summed E-state index contributed by atoms with van der Waals surface area (Å²) in [5.74, 6) is -0.452. The molecule has 0 spiro atoms. The Morgan fingerprint density at radius 3 is 2.22 bits per heavy atom. The predicted molar refractivity (Wildman–Crippen MR) is 179 cm³/mol. The van der Waals surface area contributed by atoms with Gasteiger partial charge in [0.25, 0.3) is 5.91 Å². The fourth-order valence-electron chi connectivity index (χ4n) is 5.51. The number of carbonyl (C=O) groups is 2. The number of hydrogen-bond donors (Lipinski definition) is 2. The lowest BCUT2D eigenvalue weighted by Crippen LogP contribution is -2.43. The molecule has 262 valence electrons. The van der Waals surface area contributed by atoms with Gasteiger partial charge in [-0.05, 0) is 73.0 Å². The molecule has 4 aromatic carbocycles. The van der Waals surface area contributed by atoms with Crippen LogP contribution < -0.4 is 24.8 Å². The van der Waals surface area contributed by atoms with Gasteiger partial charge < -0.3 is 29.7 Å². The van der Waals surface area contributed by atoms with Crippen molar-refractivity contribution in [2.75, 3.05) is 23.7 Å². The molecule has 1 aliphatic heterocycles. The highest BCUT2D eigenvalue weighted by molar-refractivity contribution is 6.09. The third-order valence-corrected chi connectivity index (χ3v) is 7.75. The number of alkyl halides is 5. The van der Waals surface area contributed by atoms with Crippen LogP contribution in [0.5, 0.6) is 17.2 Å². The number of halogens is 5. The number of piperidine rings is 1. The Kier molecular flexibility index (Phi) is 10.9. The van der Waals surface area contributed by atoms with Crippen LogP contribution >= 0.6 is 0 Å². The van der Waals surface area contributed by atoms with Crippen LogP contribution in [0.15, 0.2) is 103 Å². The van der Waals surface area contributed by atoms with Crippen molar-refractivity contribution in [1.82, 2.24) is 4.90 Å². The number of amides is 3. The smallest absolute Gasteiger partial charge is 0.490 e. The van der Waals surface area contributed by atoms with E-state index in [4.69, 9.17) is 9.47 Å². The summed E-state index contributed by atoms with van der Waals surface area (Å²) in [7, 11) is 0. The van der Waals surface area contributed by atoms with E-state index in [-0.39, 0.29) is 23.3 Å². The zero-order valence-electron chi connectivity index (χ0n) is 27.1. The minimum atomic E-state index is -4.82. The topological polar surface area (TPSA) is 89.1 Å². The van der Waals surface area contributed by atoms with Gasteiger partial charge in [-0.25, -0.2) is 4.79 Å². The number of ether oxygens (including phenoxy) is 3. The van der Waals surface area contributed by atoms with Crippen LogP contribution in [-0.2, 0) is 0 Å². The number of rotatable bonds is 10. The number of nitrogens with one attached hydrogen (secondary N) is 2. The van der Waals surface area contributed by atoms with Crippen LogP contribution in [0.4, 0.5) is 38.1 Å². The zero-order chi connectivity index (χ0) is 35.9. The van der Waals surface area contributed by atoms with E-state index in [9.17, 15) is 31.5 Å². The lowest BCUT2D eigenvalue weighted by Gasteiger charge is -2.32. The fraction of sp³-hybridized carbons (Fsp3) is 0.243. The van der Waals surface area contributed by atoms with E-state index in [0.717, 1.165) is 5.56 Å². The molecule has 5 rings (SSSR count). The van der Waals surface area contributed by atoms with Crippen molar-refractivity contribution < 1.29 is 45.8 Å². The maximum absolute atomic E-state index is 14.0. The first-order chi connectivity index (χ1) is 23.8. The van der Waals surface area contributed by atoms with E-state index in [0.29, 0.717) is 60.1 Å². The first-order valence-corrected chi connectivity index (χ1v) is 15.7. The molecule has 0 saturated carbocycles. The van der Waals surface area contributed by atoms with Crippen LogP contribution in [0.25, 0.3) is 11.1 Å². The number of aryl methyl sites for hydroxylation is 1. The van der Waals surface area contributed by atoms with E-state index in [1.807, 2.05) is 0 Å². The van der Waals surface area contributed by atoms with Gasteiger partial charge in [-0.15, -0.1) is 13.2 Å². The Labute approximate surface area is 285 Å². The van der Waals surface area contributed by atoms with E-state index >= 15 is 0 Å². The summed E-state index contributed by atoms with van der Waals surface area (Å²) in [4.78, 5) is 28.0. The maximum Gasteiger partial charge on any atom is 0.573 e. The van der Waals surface area contributed by atoms with Gasteiger partial charge in [0.2, 0.25) is 0 Å². The number of urea groups is 1. The standard InChI is InChI=1S/C37H34F5N3O5/c1-3-20-36(38,39)50-32-13-5-4-12-31(32)44-35(47)45-21-18-27(19-22-45)48-29-10-7-9-26(23-29)43-34(46)30-11-6-8-24(2)33(30)25-14-16-28(17-15-25)49-37(40,41)42/h3-17,20,23,27H,18-19,21-22H2,1-2H3,(H,43,46)(H,44,47)/b20-3+. The number of nitrogens with zero attached hydrogens (tertiary/aromatic N) is 1. The molecule has 0 aromatic heterocycles. The maximum atomic E-state index is 14.0. The van der Waals surface area contributed by atoms with Crippen molar-refractivity contribution >= 4 is 23.3 Å². The van der Waals surface area contributed by atoms with Gasteiger partial charge in [0.1, 0.15) is 23.4 Å². The monoisotopic (exact) mass is 695 g/mol. The van der Waals surface area contributed by atoms with E-state index in [2.05, 4.69) is 15.4 Å². The third-order valence-electron chi connectivity index (χ3n) is 7.75. The Bertz CT molecular complexity index is 1840. The number of para-hydroxylation sites is 2. The molecule has 0 atom stereocenters. The van der Waals surface area contributed by atoms with E-state index in [1.54, 1.807) is 60.4 Å². The molecule has 8 nitrogen and oxygen atoms in total. The van der Waals surface area contributed by atoms with Gasteiger partial charge in [-0.3, -0.25) is 4.79 Å². The van der Waals surface area contributed by atoms with Crippen molar-refractivity contribution in [3.8, 4) is 28.4 Å². The summed E-state index contributed by atoms with van der Waals surface area (Å²) in [6, 6.07) is 22.8. The van der Waals surface area contributed by atoms with Crippen LogP contribution in [-0.4, -0.2) is 48.5 Å². The summed E-state index contributed by atoms with van der Waals surface area (Å²) >= 11 is 0. The van der Waals surface area contributed by atoms with Crippen LogP contribution in [0.1, 0.15) is 35.7 Å². The van der Waals surface area contributed by atoms with Crippen molar-refractivity contribution in [1.29, 1.82) is 0 Å². The van der Waals surface area contributed by atoms with E-state index in [1.165, 1.54) is 55.5 Å². The summed E-state index contributed by atoms with van der Waals surface area (Å²) < 4.78 is 80.9. The molecule has 0 aliphatic carbocycles. The molecule has 0 bridgehead atoms. The second kappa shape index (κ2) is 15.3. The molecular weight excluding hydrogens is 661 g/mol. The summed E-state index contributed by atoms with van der Waals surface area (Å²) in [6.07, 6.45) is -5.79. The van der Waals surface area contributed by atoms with Crippen molar-refractivity contribution in [3.63, 3.8) is 0 Å². The van der Waals surface area contributed by atoms with Gasteiger partial charge >= 0.3 is 18.5 Å². The minimum Gasteiger partial charge on any atom is -0.490 e. The molecule has 1 saturated heterocycles. The Balaban J connectivity index is 1.18. The van der Waals surface area contributed by atoms with Crippen molar-refractivity contribution in [3.05, 3.63) is 114 Å². The quantitative estimate of drug-likeness (QED) is 0.128. The lowest BCUT2D eigenvalue weighted by atomic mass is 9.94. The fourth-order valence-corrected chi connectivity index (χ4v) is 5.51. The molecule has 1 heterocycles. The van der Waals surface area contributed by atoms with Gasteiger partial charge in [0.05, 0.1) is 5.69 Å². The first kappa shape index (κ1) is 35.7. The van der Waals surface area contributed by atoms with Crippen molar-refractivity contribution in [2.24, 2.45) is 0 Å². The molecule has 0 unspecified atom stereocenters. The number of anilines is 2. The molecule has 13 heteroatoms. The number of hydrogen-bond acceptors (Lipinski definition) is 5. The number of likely N-dealkylation sites (tertiary alicyclic amines) is 1. The highest BCUT2D eigenvalue weighted by Gasteiger charge is 2.31. The Morgan fingerprint density at radius 1 is 0.820 bits per heavy atom. The second-order valence-electron chi connectivity index (χ2n) is 11.4. The first-order valence-electron chi connectivity index (χ1n) is 15.7. The molecule has 2 N–H and O–H groups in total. The second-order valence-corrected chi connectivity index (χ2v) is 11.4. The molecule has 1 fully saturated rings. The van der Waals surface area contributed by atoms with Crippen LogP contribution in [0.3, 0.4) is 0 Å². The van der Waals surface area contributed by atoms with Gasteiger partial charge in [0, 0.05) is 49.3 Å². The molecule has 3 amide bonds. The summed E-state index contributed by atoms with van der Waals surface area (Å²) in [5, 5.41) is 5.53. The highest BCUT2D eigenvalue weighted by atomic mass is 19.4. The van der Waals surface area contributed by atoms with Gasteiger partial charge in [0.15, 0.2) is 0 Å². The SMILES string of the molecule is C/C=C/C(F)(F)Oc1ccccc1NC(=O)N1CCC(Oc2cccc(NC(=O)c3cccc(C)c3-c3ccc(OC(F)(F)F)cc3)c2)CC1. The predicted octanol–water partition coefficient (Wildman–Crippen LogP) is 9.44. The molecule has 1 aliphatic rings. The van der Waals surface area contributed by atoms with Crippen LogP contribution in [0.2, 0.25) is 0 Å². The summed E-state index contributed by atoms with van der Waals surface area (Å²) in [6.45, 7) is 3.95. The molecular formula is C37H34F5N3O5. The number of benzene rings is 4. The average Bonchev–Trinajstić information content (AvgIpc) is 3.05. The zero-order valence-corrected chi connectivity index (χ0v) is 27.1. The van der Waals surface area contributed by atoms with Crippen molar-refractivity contribution in [2.45, 2.75) is 45.3 Å².